The summed E-state index contributed by atoms with van der Waals surface area (Å²) in [6.07, 6.45) is 2.10. The first-order valence-electron chi connectivity index (χ1n) is 6.09. The minimum atomic E-state index is -0.0276. The molecular formula is C12H26N2O. The third-order valence-electron chi connectivity index (χ3n) is 3.63. The number of rotatable bonds is 4. The quantitative estimate of drug-likeness (QED) is 0.773. The Morgan fingerprint density at radius 3 is 2.27 bits per heavy atom. The highest BCUT2D eigenvalue weighted by Crippen LogP contribution is 2.35. The molecule has 2 N–H and O–H groups in total. The van der Waals surface area contributed by atoms with Crippen molar-refractivity contribution in [1.29, 1.82) is 0 Å². The van der Waals surface area contributed by atoms with Crippen molar-refractivity contribution in [2.45, 2.75) is 51.7 Å². The van der Waals surface area contributed by atoms with Crippen molar-refractivity contribution in [1.82, 2.24) is 4.90 Å². The van der Waals surface area contributed by atoms with Gasteiger partial charge in [0.2, 0.25) is 0 Å². The third kappa shape index (κ3) is 2.71. The smallest absolute Gasteiger partial charge is 0.0644 e. The van der Waals surface area contributed by atoms with E-state index in [4.69, 9.17) is 10.5 Å². The summed E-state index contributed by atoms with van der Waals surface area (Å²) in [4.78, 5) is 2.50. The normalized spacial score (nSPS) is 30.8. The fraction of sp³-hybridized carbons (Fsp3) is 1.00. The molecule has 90 valence electrons. The minimum absolute atomic E-state index is 0.0276. The Hall–Kier alpha value is -0.120. The summed E-state index contributed by atoms with van der Waals surface area (Å²) in [6, 6.07) is 0. The van der Waals surface area contributed by atoms with Gasteiger partial charge in [0.25, 0.3) is 0 Å². The van der Waals surface area contributed by atoms with Crippen LogP contribution in [0.15, 0.2) is 0 Å². The summed E-state index contributed by atoms with van der Waals surface area (Å²) in [5.74, 6) is 0. The largest absolute Gasteiger partial charge is 0.375 e. The van der Waals surface area contributed by atoms with E-state index in [9.17, 15) is 0 Å². The first-order valence-corrected chi connectivity index (χ1v) is 6.09. The van der Waals surface area contributed by atoms with Gasteiger partial charge in [0.15, 0.2) is 0 Å². The van der Waals surface area contributed by atoms with Crippen molar-refractivity contribution in [3.8, 4) is 0 Å². The van der Waals surface area contributed by atoms with Crippen LogP contribution in [-0.2, 0) is 4.74 Å². The first-order chi connectivity index (χ1) is 6.99. The van der Waals surface area contributed by atoms with Crippen LogP contribution in [0.3, 0.4) is 0 Å². The molecule has 15 heavy (non-hydrogen) atoms. The predicted molar refractivity (Wildman–Crippen MR) is 64.0 cm³/mol. The molecule has 1 saturated heterocycles. The number of ether oxygens (including phenoxy) is 1. The molecule has 1 aliphatic rings. The standard InChI is InChI=1S/C12H26N2O/c1-5-14(6-2)12(10-13)7-8-15-11(3,4)9-12/h5-10,13H2,1-4H3. The topological polar surface area (TPSA) is 38.5 Å². The zero-order valence-electron chi connectivity index (χ0n) is 10.7. The summed E-state index contributed by atoms with van der Waals surface area (Å²) >= 11 is 0. The molecule has 0 aromatic heterocycles. The fourth-order valence-corrected chi connectivity index (χ4v) is 2.92. The molecule has 0 saturated carbocycles. The number of hydrogen-bond acceptors (Lipinski definition) is 3. The van der Waals surface area contributed by atoms with Crippen LogP contribution < -0.4 is 5.73 Å². The van der Waals surface area contributed by atoms with Gasteiger partial charge in [0.1, 0.15) is 0 Å². The first kappa shape index (κ1) is 12.9. The van der Waals surface area contributed by atoms with E-state index in [0.717, 1.165) is 39.1 Å². The second-order valence-corrected chi connectivity index (χ2v) is 5.14. The highest BCUT2D eigenvalue weighted by molar-refractivity contribution is 4.98. The number of nitrogens with two attached hydrogens (primary N) is 1. The van der Waals surface area contributed by atoms with Gasteiger partial charge < -0.3 is 10.5 Å². The van der Waals surface area contributed by atoms with E-state index in [1.165, 1.54) is 0 Å². The number of nitrogens with zero attached hydrogens (tertiary/aromatic N) is 1. The molecule has 0 spiro atoms. The van der Waals surface area contributed by atoms with Crippen LogP contribution in [-0.4, -0.2) is 42.3 Å². The predicted octanol–water partition coefficient (Wildman–Crippen LogP) is 1.61. The van der Waals surface area contributed by atoms with Crippen LogP contribution in [0, 0.1) is 0 Å². The van der Waals surface area contributed by atoms with E-state index in [-0.39, 0.29) is 11.1 Å². The second kappa shape index (κ2) is 4.81. The van der Waals surface area contributed by atoms with Crippen molar-refractivity contribution in [3.63, 3.8) is 0 Å². The van der Waals surface area contributed by atoms with Crippen molar-refractivity contribution in [2.75, 3.05) is 26.2 Å². The molecule has 0 bridgehead atoms. The Bertz CT molecular complexity index is 202. The van der Waals surface area contributed by atoms with Crippen LogP contribution in [0.25, 0.3) is 0 Å². The van der Waals surface area contributed by atoms with Gasteiger partial charge in [-0.2, -0.15) is 0 Å². The summed E-state index contributed by atoms with van der Waals surface area (Å²) in [6.45, 7) is 12.5. The Balaban J connectivity index is 2.83. The maximum atomic E-state index is 6.01. The van der Waals surface area contributed by atoms with Crippen molar-refractivity contribution in [2.24, 2.45) is 5.73 Å². The zero-order chi connectivity index (χ0) is 11.5. The molecule has 3 heteroatoms. The second-order valence-electron chi connectivity index (χ2n) is 5.14. The summed E-state index contributed by atoms with van der Waals surface area (Å²) < 4.78 is 5.78. The van der Waals surface area contributed by atoms with E-state index in [1.54, 1.807) is 0 Å². The van der Waals surface area contributed by atoms with Crippen molar-refractivity contribution >= 4 is 0 Å². The lowest BCUT2D eigenvalue weighted by atomic mass is 9.80. The Labute approximate surface area is 94.0 Å². The van der Waals surface area contributed by atoms with E-state index in [0.29, 0.717) is 0 Å². The maximum absolute atomic E-state index is 6.01. The molecule has 0 amide bonds. The molecule has 1 atom stereocenters. The molecule has 1 rings (SSSR count). The Kier molecular flexibility index (Phi) is 4.15. The van der Waals surface area contributed by atoms with Crippen molar-refractivity contribution < 1.29 is 4.74 Å². The summed E-state index contributed by atoms with van der Waals surface area (Å²) in [5, 5.41) is 0. The number of likely N-dealkylation sites (N-methyl/N-ethyl adjacent to an activating group) is 1. The molecule has 1 fully saturated rings. The van der Waals surface area contributed by atoms with Gasteiger partial charge in [-0.15, -0.1) is 0 Å². The lowest BCUT2D eigenvalue weighted by molar-refractivity contribution is -0.116. The Morgan fingerprint density at radius 1 is 1.27 bits per heavy atom. The van der Waals surface area contributed by atoms with Crippen LogP contribution in [0.4, 0.5) is 0 Å². The van der Waals surface area contributed by atoms with Gasteiger partial charge in [-0.05, 0) is 39.8 Å². The average molecular weight is 214 g/mol. The van der Waals surface area contributed by atoms with Gasteiger partial charge in [-0.1, -0.05) is 13.8 Å². The lowest BCUT2D eigenvalue weighted by Crippen LogP contribution is -2.60. The molecule has 3 nitrogen and oxygen atoms in total. The van der Waals surface area contributed by atoms with E-state index < -0.39 is 0 Å². The third-order valence-corrected chi connectivity index (χ3v) is 3.63. The maximum Gasteiger partial charge on any atom is 0.0644 e. The van der Waals surface area contributed by atoms with Crippen molar-refractivity contribution in [3.05, 3.63) is 0 Å². The van der Waals surface area contributed by atoms with E-state index in [1.807, 2.05) is 0 Å². The molecule has 1 aliphatic heterocycles. The van der Waals surface area contributed by atoms with Gasteiger partial charge in [0, 0.05) is 18.7 Å². The van der Waals surface area contributed by atoms with Gasteiger partial charge >= 0.3 is 0 Å². The fourth-order valence-electron chi connectivity index (χ4n) is 2.92. The Morgan fingerprint density at radius 2 is 1.87 bits per heavy atom. The molecule has 0 aromatic rings. The summed E-state index contributed by atoms with van der Waals surface area (Å²) in [7, 11) is 0. The van der Waals surface area contributed by atoms with Crippen LogP contribution >= 0.6 is 0 Å². The number of hydrogen-bond donors (Lipinski definition) is 1. The van der Waals surface area contributed by atoms with Crippen LogP contribution in [0.1, 0.15) is 40.5 Å². The van der Waals surface area contributed by atoms with Gasteiger partial charge in [-0.25, -0.2) is 0 Å². The molecule has 0 aromatic carbocycles. The van der Waals surface area contributed by atoms with E-state index in [2.05, 4.69) is 32.6 Å². The molecule has 1 unspecified atom stereocenters. The summed E-state index contributed by atoms with van der Waals surface area (Å²) in [5.41, 5.74) is 6.14. The van der Waals surface area contributed by atoms with E-state index >= 15 is 0 Å². The monoisotopic (exact) mass is 214 g/mol. The molecule has 0 radical (unpaired) electrons. The molecule has 1 heterocycles. The zero-order valence-corrected chi connectivity index (χ0v) is 10.7. The van der Waals surface area contributed by atoms with Crippen LogP contribution in [0.5, 0.6) is 0 Å². The minimum Gasteiger partial charge on any atom is -0.375 e. The SMILES string of the molecule is CCN(CC)C1(CN)CCOC(C)(C)C1. The van der Waals surface area contributed by atoms with Crippen LogP contribution in [0.2, 0.25) is 0 Å². The highest BCUT2D eigenvalue weighted by Gasteiger charge is 2.42. The highest BCUT2D eigenvalue weighted by atomic mass is 16.5. The lowest BCUT2D eigenvalue weighted by Gasteiger charge is -2.50. The van der Waals surface area contributed by atoms with Gasteiger partial charge in [0.05, 0.1) is 5.60 Å². The molecular weight excluding hydrogens is 188 g/mol. The average Bonchev–Trinajstić information content (AvgIpc) is 2.18. The molecule has 0 aliphatic carbocycles. The van der Waals surface area contributed by atoms with Gasteiger partial charge in [-0.3, -0.25) is 4.90 Å².